The second-order valence-electron chi connectivity index (χ2n) is 9.45. The molecule has 0 bridgehead atoms. The van der Waals surface area contributed by atoms with E-state index in [1.54, 1.807) is 58.0 Å². The number of hydrogen-bond acceptors (Lipinski definition) is 8. The van der Waals surface area contributed by atoms with Crippen LogP contribution in [0.15, 0.2) is 30.8 Å². The highest BCUT2D eigenvalue weighted by molar-refractivity contribution is 5.93. The summed E-state index contributed by atoms with van der Waals surface area (Å²) in [4.78, 5) is 63.9. The first-order valence-corrected chi connectivity index (χ1v) is 12.4. The molecule has 0 aromatic heterocycles. The molecule has 0 aliphatic rings. The van der Waals surface area contributed by atoms with E-state index >= 15 is 0 Å². The molecule has 212 valence electrons. The molecule has 2 unspecified atom stereocenters. The number of nitriles is 1. The van der Waals surface area contributed by atoms with Crippen molar-refractivity contribution in [3.05, 3.63) is 42.0 Å². The Kier molecular flexibility index (Phi) is 13.2. The lowest BCUT2D eigenvalue weighted by molar-refractivity contribution is -0.144. The van der Waals surface area contributed by atoms with Crippen LogP contribution >= 0.6 is 0 Å². The smallest absolute Gasteiger partial charge is 0.408 e. The SMILES string of the molecule is C=Cc1cccc(C(C(=O)NCCC(=O)OCC)N(CC#N)C(=O)C(CCC(N)=O)NC(=O)OC(C)(C)C)c1. The number of rotatable bonds is 14. The van der Waals surface area contributed by atoms with Gasteiger partial charge in [-0.3, -0.25) is 19.2 Å². The summed E-state index contributed by atoms with van der Waals surface area (Å²) in [5.41, 5.74) is 5.40. The van der Waals surface area contributed by atoms with Gasteiger partial charge in [-0.25, -0.2) is 4.79 Å². The number of carbonyl (C=O) groups is 5. The quantitative estimate of drug-likeness (QED) is 0.235. The molecule has 2 atom stereocenters. The predicted octanol–water partition coefficient (Wildman–Crippen LogP) is 1.95. The first-order chi connectivity index (χ1) is 18.3. The summed E-state index contributed by atoms with van der Waals surface area (Å²) < 4.78 is 10.1. The first-order valence-electron chi connectivity index (χ1n) is 12.4. The summed E-state index contributed by atoms with van der Waals surface area (Å²) in [5, 5.41) is 14.6. The second-order valence-corrected chi connectivity index (χ2v) is 9.45. The minimum Gasteiger partial charge on any atom is -0.466 e. The van der Waals surface area contributed by atoms with Gasteiger partial charge in [0.05, 0.1) is 19.1 Å². The Hall–Kier alpha value is -4.40. The lowest BCUT2D eigenvalue weighted by Gasteiger charge is -2.33. The molecule has 0 aliphatic carbocycles. The molecule has 4 N–H and O–H groups in total. The third-order valence-electron chi connectivity index (χ3n) is 5.15. The maximum absolute atomic E-state index is 13.8. The molecule has 0 saturated heterocycles. The van der Waals surface area contributed by atoms with Crippen LogP contribution in [0, 0.1) is 11.3 Å². The highest BCUT2D eigenvalue weighted by atomic mass is 16.6. The number of benzene rings is 1. The zero-order chi connectivity index (χ0) is 29.6. The molecule has 1 aromatic carbocycles. The van der Waals surface area contributed by atoms with Crippen LogP contribution in [-0.2, 0) is 28.7 Å². The van der Waals surface area contributed by atoms with Crippen LogP contribution in [0.1, 0.15) is 64.1 Å². The number of ether oxygens (including phenoxy) is 2. The van der Waals surface area contributed by atoms with Crippen LogP contribution in [-0.4, -0.2) is 66.0 Å². The van der Waals surface area contributed by atoms with Crippen LogP contribution in [0.5, 0.6) is 0 Å². The monoisotopic (exact) mass is 543 g/mol. The fraction of sp³-hybridized carbons (Fsp3) is 0.481. The highest BCUT2D eigenvalue weighted by Gasteiger charge is 2.36. The second kappa shape index (κ2) is 15.8. The Labute approximate surface area is 228 Å². The van der Waals surface area contributed by atoms with Gasteiger partial charge in [0.1, 0.15) is 24.2 Å². The third-order valence-corrected chi connectivity index (χ3v) is 5.15. The largest absolute Gasteiger partial charge is 0.466 e. The van der Waals surface area contributed by atoms with E-state index in [9.17, 15) is 29.2 Å². The number of primary amides is 1. The van der Waals surface area contributed by atoms with Crippen LogP contribution < -0.4 is 16.4 Å². The average molecular weight is 544 g/mol. The van der Waals surface area contributed by atoms with E-state index in [1.165, 1.54) is 0 Å². The predicted molar refractivity (Wildman–Crippen MR) is 142 cm³/mol. The van der Waals surface area contributed by atoms with Crippen LogP contribution in [0.2, 0.25) is 0 Å². The number of nitrogens with two attached hydrogens (primary N) is 1. The van der Waals surface area contributed by atoms with E-state index in [0.717, 1.165) is 4.90 Å². The molecule has 0 aliphatic heterocycles. The Balaban J connectivity index is 3.43. The molecule has 0 heterocycles. The lowest BCUT2D eigenvalue weighted by atomic mass is 9.99. The molecular formula is C27H37N5O7. The standard InChI is InChI=1S/C27H37N5O7/c1-6-18-9-8-10-19(17-18)23(24(35)30-15-13-22(34)38-7-2)32(16-14-28)25(36)20(11-12-21(29)33)31-26(37)39-27(3,4)5/h6,8-10,17,20,23H,1,7,11-13,15-16H2,2-5H3,(H2,29,33)(H,30,35)(H,31,37). The van der Waals surface area contributed by atoms with E-state index in [1.807, 2.05) is 6.07 Å². The van der Waals surface area contributed by atoms with Gasteiger partial charge in [-0.2, -0.15) is 5.26 Å². The van der Waals surface area contributed by atoms with Gasteiger partial charge < -0.3 is 30.7 Å². The fourth-order valence-electron chi connectivity index (χ4n) is 3.51. The molecule has 1 aromatic rings. The summed E-state index contributed by atoms with van der Waals surface area (Å²) >= 11 is 0. The summed E-state index contributed by atoms with van der Waals surface area (Å²) in [5.74, 6) is -2.70. The minimum absolute atomic E-state index is 0.0782. The van der Waals surface area contributed by atoms with E-state index in [2.05, 4.69) is 17.2 Å². The minimum atomic E-state index is -1.34. The van der Waals surface area contributed by atoms with E-state index < -0.39 is 54.0 Å². The van der Waals surface area contributed by atoms with Crippen molar-refractivity contribution in [2.45, 2.75) is 64.6 Å². The number of carbonyl (C=O) groups excluding carboxylic acids is 5. The van der Waals surface area contributed by atoms with Crippen molar-refractivity contribution in [1.29, 1.82) is 5.26 Å². The topological polar surface area (TPSA) is 181 Å². The summed E-state index contributed by atoms with van der Waals surface area (Å²) in [6.07, 6.45) is 0.0715. The van der Waals surface area contributed by atoms with Crippen LogP contribution in [0.4, 0.5) is 4.79 Å². The summed E-state index contributed by atoms with van der Waals surface area (Å²) in [6, 6.07) is 5.84. The number of hydrogen-bond donors (Lipinski definition) is 3. The van der Waals surface area contributed by atoms with Crippen molar-refractivity contribution in [1.82, 2.24) is 15.5 Å². The van der Waals surface area contributed by atoms with Crippen molar-refractivity contribution >= 4 is 35.9 Å². The van der Waals surface area contributed by atoms with E-state index in [-0.39, 0.29) is 32.4 Å². The zero-order valence-corrected chi connectivity index (χ0v) is 22.8. The summed E-state index contributed by atoms with van der Waals surface area (Å²) in [7, 11) is 0. The number of amides is 4. The third kappa shape index (κ3) is 11.7. The van der Waals surface area contributed by atoms with Gasteiger partial charge >= 0.3 is 12.1 Å². The molecular weight excluding hydrogens is 506 g/mol. The van der Waals surface area contributed by atoms with Crippen molar-refractivity contribution in [2.75, 3.05) is 19.7 Å². The maximum atomic E-state index is 13.8. The molecule has 0 saturated carbocycles. The van der Waals surface area contributed by atoms with Crippen LogP contribution in [0.3, 0.4) is 0 Å². The molecule has 1 rings (SSSR count). The Morgan fingerprint density at radius 3 is 2.46 bits per heavy atom. The van der Waals surface area contributed by atoms with Gasteiger partial charge in [-0.1, -0.05) is 30.9 Å². The highest BCUT2D eigenvalue weighted by Crippen LogP contribution is 2.24. The molecule has 0 fully saturated rings. The fourth-order valence-corrected chi connectivity index (χ4v) is 3.51. The van der Waals surface area contributed by atoms with Crippen molar-refractivity contribution in [3.8, 4) is 6.07 Å². The van der Waals surface area contributed by atoms with Gasteiger partial charge in [0, 0.05) is 13.0 Å². The Morgan fingerprint density at radius 1 is 1.21 bits per heavy atom. The zero-order valence-electron chi connectivity index (χ0n) is 22.8. The Bertz CT molecular complexity index is 1090. The first kappa shape index (κ1) is 32.6. The Morgan fingerprint density at radius 2 is 1.90 bits per heavy atom. The molecule has 4 amide bonds. The van der Waals surface area contributed by atoms with Gasteiger partial charge in [0.15, 0.2) is 0 Å². The number of nitrogens with zero attached hydrogens (tertiary/aromatic N) is 2. The van der Waals surface area contributed by atoms with Crippen molar-refractivity contribution in [2.24, 2.45) is 5.73 Å². The number of nitrogens with one attached hydrogen (secondary N) is 2. The van der Waals surface area contributed by atoms with Gasteiger partial charge in [-0.05, 0) is 51.3 Å². The molecule has 39 heavy (non-hydrogen) atoms. The molecule has 12 heteroatoms. The average Bonchev–Trinajstić information content (AvgIpc) is 2.85. The normalized spacial score (nSPS) is 12.2. The number of alkyl carbamates (subject to hydrolysis) is 1. The molecule has 0 spiro atoms. The van der Waals surface area contributed by atoms with E-state index in [0.29, 0.717) is 11.1 Å². The number of esters is 1. The maximum Gasteiger partial charge on any atom is 0.408 e. The lowest BCUT2D eigenvalue weighted by Crippen LogP contribution is -2.53. The van der Waals surface area contributed by atoms with E-state index in [4.69, 9.17) is 15.2 Å². The molecule has 12 nitrogen and oxygen atoms in total. The van der Waals surface area contributed by atoms with Gasteiger partial charge in [-0.15, -0.1) is 0 Å². The van der Waals surface area contributed by atoms with Crippen molar-refractivity contribution in [3.63, 3.8) is 0 Å². The summed E-state index contributed by atoms with van der Waals surface area (Å²) in [6.45, 7) is 9.86. The van der Waals surface area contributed by atoms with Crippen molar-refractivity contribution < 1.29 is 33.4 Å². The molecule has 0 radical (unpaired) electrons. The van der Waals surface area contributed by atoms with Gasteiger partial charge in [0.2, 0.25) is 17.7 Å². The van der Waals surface area contributed by atoms with Gasteiger partial charge in [0.25, 0.3) is 0 Å². The van der Waals surface area contributed by atoms with Crippen LogP contribution in [0.25, 0.3) is 6.08 Å².